The van der Waals surface area contributed by atoms with Crippen LogP contribution in [0.1, 0.15) is 43.0 Å². The first kappa shape index (κ1) is 14.3. The lowest BCUT2D eigenvalue weighted by Gasteiger charge is -2.41. The summed E-state index contributed by atoms with van der Waals surface area (Å²) in [5.41, 5.74) is 5.93. The molecular formula is C20H28N2. The molecule has 2 heterocycles. The molecule has 0 radical (unpaired) electrons. The highest BCUT2D eigenvalue weighted by molar-refractivity contribution is 5.87. The van der Waals surface area contributed by atoms with Gasteiger partial charge in [-0.25, -0.2) is 0 Å². The quantitative estimate of drug-likeness (QED) is 0.894. The molecule has 2 heteroatoms. The third-order valence-corrected chi connectivity index (χ3v) is 5.97. The molecular weight excluding hydrogens is 268 g/mol. The Labute approximate surface area is 133 Å². The van der Waals surface area contributed by atoms with Gasteiger partial charge in [-0.05, 0) is 68.7 Å². The lowest BCUT2D eigenvalue weighted by molar-refractivity contribution is 0.110. The number of H-pyrrole nitrogens is 1. The molecule has 1 aliphatic heterocycles. The van der Waals surface area contributed by atoms with Crippen molar-refractivity contribution in [1.29, 1.82) is 0 Å². The first-order valence-electron chi connectivity index (χ1n) is 9.07. The van der Waals surface area contributed by atoms with Crippen LogP contribution in [0.15, 0.2) is 18.2 Å². The van der Waals surface area contributed by atoms with Gasteiger partial charge in [-0.3, -0.25) is 0 Å². The van der Waals surface area contributed by atoms with Gasteiger partial charge < -0.3 is 9.88 Å². The van der Waals surface area contributed by atoms with Gasteiger partial charge >= 0.3 is 0 Å². The topological polar surface area (TPSA) is 19.0 Å². The van der Waals surface area contributed by atoms with Crippen molar-refractivity contribution in [3.05, 3.63) is 35.0 Å². The summed E-state index contributed by atoms with van der Waals surface area (Å²) in [5, 5.41) is 1.49. The number of aryl methyl sites for hydroxylation is 1. The van der Waals surface area contributed by atoms with E-state index in [-0.39, 0.29) is 0 Å². The van der Waals surface area contributed by atoms with Gasteiger partial charge in [-0.1, -0.05) is 31.5 Å². The van der Waals surface area contributed by atoms with Crippen LogP contribution in [0.4, 0.5) is 0 Å². The van der Waals surface area contributed by atoms with E-state index in [0.29, 0.717) is 0 Å². The SMILES string of the molecule is CCCCN1CCC2Cc3[nH]c4c(C)cccc4c3CC2C1. The minimum atomic E-state index is 0.873. The number of unbranched alkanes of at least 4 members (excludes halogenated alkanes) is 1. The lowest BCUT2D eigenvalue weighted by Crippen LogP contribution is -2.44. The maximum Gasteiger partial charge on any atom is 0.0488 e. The van der Waals surface area contributed by atoms with E-state index in [1.54, 1.807) is 5.56 Å². The number of rotatable bonds is 3. The zero-order valence-electron chi connectivity index (χ0n) is 14.0. The first-order chi connectivity index (χ1) is 10.8. The first-order valence-corrected chi connectivity index (χ1v) is 9.07. The van der Waals surface area contributed by atoms with Crippen molar-refractivity contribution in [3.8, 4) is 0 Å². The van der Waals surface area contributed by atoms with Gasteiger partial charge in [0.25, 0.3) is 0 Å². The Hall–Kier alpha value is -1.28. The molecule has 0 spiro atoms. The number of nitrogens with zero attached hydrogens (tertiary/aromatic N) is 1. The molecule has 2 nitrogen and oxygen atoms in total. The molecule has 1 aromatic carbocycles. The summed E-state index contributed by atoms with van der Waals surface area (Å²) in [7, 11) is 0. The fourth-order valence-electron chi connectivity index (χ4n) is 4.65. The smallest absolute Gasteiger partial charge is 0.0488 e. The average Bonchev–Trinajstić information content (AvgIpc) is 2.90. The molecule has 0 amide bonds. The molecule has 2 atom stereocenters. The number of aromatic amines is 1. The van der Waals surface area contributed by atoms with E-state index in [4.69, 9.17) is 0 Å². The van der Waals surface area contributed by atoms with Crippen molar-refractivity contribution in [2.45, 2.75) is 46.0 Å². The minimum absolute atomic E-state index is 0.873. The van der Waals surface area contributed by atoms with Crippen molar-refractivity contribution in [1.82, 2.24) is 9.88 Å². The van der Waals surface area contributed by atoms with E-state index in [2.05, 4.69) is 41.9 Å². The van der Waals surface area contributed by atoms with Gasteiger partial charge in [0.15, 0.2) is 0 Å². The van der Waals surface area contributed by atoms with Crippen molar-refractivity contribution in [2.24, 2.45) is 11.8 Å². The van der Waals surface area contributed by atoms with Gasteiger partial charge in [-0.15, -0.1) is 0 Å². The number of para-hydroxylation sites is 1. The van der Waals surface area contributed by atoms with Gasteiger partial charge in [0.2, 0.25) is 0 Å². The highest BCUT2D eigenvalue weighted by Gasteiger charge is 2.34. The van der Waals surface area contributed by atoms with E-state index >= 15 is 0 Å². The second-order valence-corrected chi connectivity index (χ2v) is 7.45. The maximum atomic E-state index is 3.75. The Balaban J connectivity index is 1.60. The van der Waals surface area contributed by atoms with E-state index in [9.17, 15) is 0 Å². The summed E-state index contributed by atoms with van der Waals surface area (Å²) in [5.74, 6) is 1.77. The van der Waals surface area contributed by atoms with E-state index in [1.807, 2.05) is 0 Å². The second kappa shape index (κ2) is 5.73. The Morgan fingerprint density at radius 3 is 3.00 bits per heavy atom. The summed E-state index contributed by atoms with van der Waals surface area (Å²) in [4.78, 5) is 6.47. The zero-order valence-corrected chi connectivity index (χ0v) is 14.0. The number of hydrogen-bond donors (Lipinski definition) is 1. The van der Waals surface area contributed by atoms with Gasteiger partial charge in [0.05, 0.1) is 0 Å². The molecule has 0 bridgehead atoms. The zero-order chi connectivity index (χ0) is 15.1. The van der Waals surface area contributed by atoms with E-state index < -0.39 is 0 Å². The number of nitrogens with one attached hydrogen (secondary N) is 1. The molecule has 4 rings (SSSR count). The molecule has 0 saturated carbocycles. The molecule has 1 aromatic heterocycles. The molecule has 118 valence electrons. The van der Waals surface area contributed by atoms with Gasteiger partial charge in [0.1, 0.15) is 0 Å². The normalized spacial score (nSPS) is 25.2. The van der Waals surface area contributed by atoms with Crippen LogP contribution in [-0.2, 0) is 12.8 Å². The number of fused-ring (bicyclic) bond motifs is 4. The van der Waals surface area contributed by atoms with Crippen molar-refractivity contribution < 1.29 is 0 Å². The standard InChI is InChI=1S/C20H28N2/c1-3-4-9-22-10-8-15-12-19-18(11-16(15)13-22)17-7-5-6-14(2)20(17)21-19/h5-7,15-16,21H,3-4,8-13H2,1-2H3. The maximum absolute atomic E-state index is 3.75. The fraction of sp³-hybridized carbons (Fsp3) is 0.600. The summed E-state index contributed by atoms with van der Waals surface area (Å²) >= 11 is 0. The fourth-order valence-corrected chi connectivity index (χ4v) is 4.65. The van der Waals surface area contributed by atoms with Crippen LogP contribution >= 0.6 is 0 Å². The Kier molecular flexibility index (Phi) is 3.73. The lowest BCUT2D eigenvalue weighted by atomic mass is 9.74. The van der Waals surface area contributed by atoms with Crippen LogP contribution in [-0.4, -0.2) is 29.5 Å². The van der Waals surface area contributed by atoms with Gasteiger partial charge in [0, 0.05) is 23.1 Å². The Morgan fingerprint density at radius 2 is 2.14 bits per heavy atom. The number of piperidine rings is 1. The molecule has 2 unspecified atom stereocenters. The highest BCUT2D eigenvalue weighted by Crippen LogP contribution is 2.39. The molecule has 2 aromatic rings. The number of aromatic nitrogens is 1. The minimum Gasteiger partial charge on any atom is -0.358 e. The molecule has 1 saturated heterocycles. The summed E-state index contributed by atoms with van der Waals surface area (Å²) < 4.78 is 0. The van der Waals surface area contributed by atoms with Gasteiger partial charge in [-0.2, -0.15) is 0 Å². The summed E-state index contributed by atoms with van der Waals surface area (Å²) in [6, 6.07) is 6.76. The Morgan fingerprint density at radius 1 is 1.23 bits per heavy atom. The Bertz CT molecular complexity index is 670. The van der Waals surface area contributed by atoms with Crippen molar-refractivity contribution >= 4 is 10.9 Å². The van der Waals surface area contributed by atoms with Crippen LogP contribution in [0.2, 0.25) is 0 Å². The van der Waals surface area contributed by atoms with E-state index in [1.165, 1.54) is 73.9 Å². The molecule has 1 N–H and O–H groups in total. The second-order valence-electron chi connectivity index (χ2n) is 7.45. The summed E-state index contributed by atoms with van der Waals surface area (Å²) in [6.07, 6.45) is 6.62. The van der Waals surface area contributed by atoms with Crippen LogP contribution in [0.5, 0.6) is 0 Å². The largest absolute Gasteiger partial charge is 0.358 e. The third kappa shape index (κ3) is 2.38. The predicted molar refractivity (Wildman–Crippen MR) is 93.4 cm³/mol. The third-order valence-electron chi connectivity index (χ3n) is 5.97. The molecule has 1 fully saturated rings. The molecule has 2 aliphatic rings. The predicted octanol–water partition coefficient (Wildman–Crippen LogP) is 4.31. The monoisotopic (exact) mass is 296 g/mol. The summed E-state index contributed by atoms with van der Waals surface area (Å²) in [6.45, 7) is 8.47. The molecule has 22 heavy (non-hydrogen) atoms. The highest BCUT2D eigenvalue weighted by atomic mass is 15.1. The number of likely N-dealkylation sites (tertiary alicyclic amines) is 1. The van der Waals surface area contributed by atoms with Crippen LogP contribution in [0.25, 0.3) is 10.9 Å². The number of benzene rings is 1. The van der Waals surface area contributed by atoms with Crippen molar-refractivity contribution in [2.75, 3.05) is 19.6 Å². The van der Waals surface area contributed by atoms with E-state index in [0.717, 1.165) is 11.8 Å². The average molecular weight is 296 g/mol. The number of hydrogen-bond acceptors (Lipinski definition) is 1. The van der Waals surface area contributed by atoms with Crippen molar-refractivity contribution in [3.63, 3.8) is 0 Å². The van der Waals surface area contributed by atoms with Crippen LogP contribution in [0.3, 0.4) is 0 Å². The molecule has 1 aliphatic carbocycles. The van der Waals surface area contributed by atoms with Crippen LogP contribution in [0, 0.1) is 18.8 Å². The van der Waals surface area contributed by atoms with Crippen LogP contribution < -0.4 is 0 Å².